The first kappa shape index (κ1) is 17.9. The number of nitrogens with zero attached hydrogens (tertiary/aromatic N) is 2. The summed E-state index contributed by atoms with van der Waals surface area (Å²) < 4.78 is 4.75. The van der Waals surface area contributed by atoms with Crippen LogP contribution in [0.1, 0.15) is 23.0 Å². The Morgan fingerprint density at radius 1 is 1.21 bits per heavy atom. The molecule has 0 saturated carbocycles. The maximum atomic E-state index is 12.9. The van der Waals surface area contributed by atoms with Gasteiger partial charge in [0.2, 0.25) is 0 Å². The first-order valence-electron chi connectivity index (χ1n) is 7.54. The average Bonchev–Trinajstić information content (AvgIpc) is 2.61. The van der Waals surface area contributed by atoms with Crippen LogP contribution in [0.3, 0.4) is 0 Å². The van der Waals surface area contributed by atoms with Gasteiger partial charge in [0, 0.05) is 12.7 Å². The van der Waals surface area contributed by atoms with E-state index in [1.54, 1.807) is 48.4 Å². The predicted octanol–water partition coefficient (Wildman–Crippen LogP) is 3.19. The fraction of sp³-hybridized carbons (Fsp3) is 0.278. The molecule has 0 aliphatic carbocycles. The number of aromatic nitrogens is 1. The van der Waals surface area contributed by atoms with E-state index in [4.69, 9.17) is 16.3 Å². The summed E-state index contributed by atoms with van der Waals surface area (Å²) in [6.07, 6.45) is 1.66. The molecule has 2 aromatic rings. The van der Waals surface area contributed by atoms with Crippen LogP contribution in [0.15, 0.2) is 48.7 Å². The number of methoxy groups -OCH3 is 1. The molecule has 0 bridgehead atoms. The number of halogens is 1. The van der Waals surface area contributed by atoms with Crippen LogP contribution in [0.2, 0.25) is 5.02 Å². The van der Waals surface area contributed by atoms with Crippen molar-refractivity contribution >= 4 is 23.5 Å². The zero-order valence-electron chi connectivity index (χ0n) is 13.6. The molecule has 1 amide bonds. The highest BCUT2D eigenvalue weighted by molar-refractivity contribution is 6.33. The van der Waals surface area contributed by atoms with Gasteiger partial charge in [0.05, 0.1) is 35.9 Å². The van der Waals surface area contributed by atoms with Gasteiger partial charge in [0.25, 0.3) is 5.91 Å². The van der Waals surface area contributed by atoms with E-state index in [0.717, 1.165) is 5.69 Å². The van der Waals surface area contributed by atoms with Crippen LogP contribution in [0.5, 0.6) is 0 Å². The highest BCUT2D eigenvalue weighted by Crippen LogP contribution is 2.19. The first-order valence-corrected chi connectivity index (χ1v) is 7.92. The van der Waals surface area contributed by atoms with Crippen molar-refractivity contribution in [2.75, 3.05) is 13.7 Å². The fourth-order valence-electron chi connectivity index (χ4n) is 2.32. The number of esters is 1. The van der Waals surface area contributed by atoms with E-state index in [9.17, 15) is 9.59 Å². The third-order valence-corrected chi connectivity index (χ3v) is 3.90. The Morgan fingerprint density at radius 3 is 2.54 bits per heavy atom. The third-order valence-electron chi connectivity index (χ3n) is 3.57. The Bertz CT molecular complexity index is 706. The van der Waals surface area contributed by atoms with E-state index in [0.29, 0.717) is 10.6 Å². The second kappa shape index (κ2) is 8.45. The summed E-state index contributed by atoms with van der Waals surface area (Å²) >= 11 is 6.14. The van der Waals surface area contributed by atoms with Gasteiger partial charge in [-0.1, -0.05) is 36.7 Å². The molecule has 0 spiro atoms. The summed E-state index contributed by atoms with van der Waals surface area (Å²) in [6.45, 7) is 2.22. The highest BCUT2D eigenvalue weighted by atomic mass is 35.5. The van der Waals surface area contributed by atoms with Gasteiger partial charge in [-0.25, -0.2) is 0 Å². The lowest BCUT2D eigenvalue weighted by Gasteiger charge is -2.25. The van der Waals surface area contributed by atoms with Crippen molar-refractivity contribution < 1.29 is 14.3 Å². The van der Waals surface area contributed by atoms with Crippen LogP contribution in [0.25, 0.3) is 0 Å². The molecule has 0 radical (unpaired) electrons. The fourth-order valence-corrected chi connectivity index (χ4v) is 2.53. The molecule has 126 valence electrons. The van der Waals surface area contributed by atoms with Gasteiger partial charge in [-0.2, -0.15) is 0 Å². The van der Waals surface area contributed by atoms with Gasteiger partial charge in [-0.3, -0.25) is 14.6 Å². The number of carbonyl (C=O) groups is 2. The predicted molar refractivity (Wildman–Crippen MR) is 91.6 cm³/mol. The topological polar surface area (TPSA) is 59.5 Å². The smallest absolute Gasteiger partial charge is 0.310 e. The Kier molecular flexibility index (Phi) is 6.32. The van der Waals surface area contributed by atoms with Crippen molar-refractivity contribution in [1.29, 1.82) is 0 Å². The monoisotopic (exact) mass is 346 g/mol. The number of hydrogen-bond acceptors (Lipinski definition) is 4. The van der Waals surface area contributed by atoms with Crippen LogP contribution in [-0.4, -0.2) is 35.4 Å². The molecule has 1 aromatic carbocycles. The standard InChI is InChI=1S/C18H19ClN2O3/c1-13(18(23)24-2)11-21(12-14-7-5-6-10-20-14)17(22)15-8-3-4-9-16(15)19/h3-10,13H,11-12H2,1-2H3. The molecule has 0 fully saturated rings. The van der Waals surface area contributed by atoms with Crippen LogP contribution in [0.4, 0.5) is 0 Å². The molecule has 0 aliphatic rings. The molecular weight excluding hydrogens is 328 g/mol. The van der Waals surface area contributed by atoms with Gasteiger partial charge < -0.3 is 9.64 Å². The minimum atomic E-state index is -0.454. The van der Waals surface area contributed by atoms with E-state index >= 15 is 0 Å². The third kappa shape index (κ3) is 4.55. The second-order valence-corrected chi connectivity index (χ2v) is 5.82. The van der Waals surface area contributed by atoms with E-state index in [1.807, 2.05) is 12.1 Å². The van der Waals surface area contributed by atoms with Gasteiger partial charge in [-0.05, 0) is 24.3 Å². The van der Waals surface area contributed by atoms with Crippen LogP contribution >= 0.6 is 11.6 Å². The summed E-state index contributed by atoms with van der Waals surface area (Å²) in [5.41, 5.74) is 1.13. The van der Waals surface area contributed by atoms with Crippen molar-refractivity contribution in [1.82, 2.24) is 9.88 Å². The molecule has 5 nitrogen and oxygen atoms in total. The zero-order chi connectivity index (χ0) is 17.5. The molecule has 0 aliphatic heterocycles. The van der Waals surface area contributed by atoms with Crippen LogP contribution in [0, 0.1) is 5.92 Å². The van der Waals surface area contributed by atoms with E-state index in [2.05, 4.69) is 4.98 Å². The number of carbonyl (C=O) groups excluding carboxylic acids is 2. The molecular formula is C18H19ClN2O3. The van der Waals surface area contributed by atoms with E-state index in [1.165, 1.54) is 7.11 Å². The van der Waals surface area contributed by atoms with Crippen molar-refractivity contribution in [3.8, 4) is 0 Å². The van der Waals surface area contributed by atoms with E-state index in [-0.39, 0.29) is 25.0 Å². The molecule has 0 saturated heterocycles. The average molecular weight is 347 g/mol. The largest absolute Gasteiger partial charge is 0.469 e. The summed E-state index contributed by atoms with van der Waals surface area (Å²) in [4.78, 5) is 30.4. The second-order valence-electron chi connectivity index (χ2n) is 5.41. The maximum absolute atomic E-state index is 12.9. The number of benzene rings is 1. The van der Waals surface area contributed by atoms with Gasteiger partial charge in [-0.15, -0.1) is 0 Å². The Morgan fingerprint density at radius 2 is 1.92 bits per heavy atom. The maximum Gasteiger partial charge on any atom is 0.310 e. The quantitative estimate of drug-likeness (QED) is 0.754. The zero-order valence-corrected chi connectivity index (χ0v) is 14.4. The Labute approximate surface area is 146 Å². The summed E-state index contributed by atoms with van der Waals surface area (Å²) in [7, 11) is 1.33. The molecule has 0 N–H and O–H groups in total. The molecule has 1 aromatic heterocycles. The lowest BCUT2D eigenvalue weighted by Crippen LogP contribution is -2.37. The minimum Gasteiger partial charge on any atom is -0.469 e. The van der Waals surface area contributed by atoms with Crippen molar-refractivity contribution in [2.24, 2.45) is 5.92 Å². The lowest BCUT2D eigenvalue weighted by molar-refractivity contribution is -0.145. The molecule has 1 unspecified atom stereocenters. The summed E-state index contributed by atoms with van der Waals surface area (Å²) in [6, 6.07) is 12.3. The lowest BCUT2D eigenvalue weighted by atomic mass is 10.1. The van der Waals surface area contributed by atoms with Crippen molar-refractivity contribution in [3.05, 3.63) is 64.9 Å². The highest BCUT2D eigenvalue weighted by Gasteiger charge is 2.24. The normalized spacial score (nSPS) is 11.6. The van der Waals surface area contributed by atoms with Gasteiger partial charge in [0.15, 0.2) is 0 Å². The van der Waals surface area contributed by atoms with E-state index < -0.39 is 5.92 Å². The Balaban J connectivity index is 2.26. The summed E-state index contributed by atoms with van der Waals surface area (Å²) in [5.74, 6) is -1.07. The van der Waals surface area contributed by atoms with Gasteiger partial charge >= 0.3 is 5.97 Å². The number of pyridine rings is 1. The SMILES string of the molecule is COC(=O)C(C)CN(Cc1ccccn1)C(=O)c1ccccc1Cl. The minimum absolute atomic E-state index is 0.216. The van der Waals surface area contributed by atoms with Crippen LogP contribution < -0.4 is 0 Å². The first-order chi connectivity index (χ1) is 11.5. The molecule has 1 heterocycles. The molecule has 2 rings (SSSR count). The van der Waals surface area contributed by atoms with Crippen molar-refractivity contribution in [3.63, 3.8) is 0 Å². The molecule has 6 heteroatoms. The Hall–Kier alpha value is -2.40. The number of rotatable bonds is 6. The van der Waals surface area contributed by atoms with Gasteiger partial charge in [0.1, 0.15) is 0 Å². The number of amides is 1. The molecule has 24 heavy (non-hydrogen) atoms. The van der Waals surface area contributed by atoms with Crippen LogP contribution in [-0.2, 0) is 16.1 Å². The van der Waals surface area contributed by atoms with Crippen molar-refractivity contribution in [2.45, 2.75) is 13.5 Å². The number of hydrogen-bond donors (Lipinski definition) is 0. The summed E-state index contributed by atoms with van der Waals surface area (Å²) in [5, 5.41) is 0.374. The molecule has 1 atom stereocenters. The number of ether oxygens (including phenoxy) is 1.